The molecule has 4 aliphatic rings. The van der Waals surface area contributed by atoms with Gasteiger partial charge in [0.05, 0.1) is 92.1 Å². The van der Waals surface area contributed by atoms with Crippen LogP contribution in [0.25, 0.3) is 0 Å². The third-order valence-corrected chi connectivity index (χ3v) is 14.3. The van der Waals surface area contributed by atoms with Gasteiger partial charge in [-0.25, -0.2) is 0 Å². The fourth-order valence-electron chi connectivity index (χ4n) is 9.49. The Morgan fingerprint density at radius 1 is 0.658 bits per heavy atom. The molecule has 0 aliphatic carbocycles. The van der Waals surface area contributed by atoms with E-state index in [2.05, 4.69) is 5.32 Å². The monoisotopic (exact) mass is 1080 g/mol. The maximum absolute atomic E-state index is 14.2. The van der Waals surface area contributed by atoms with Crippen LogP contribution in [-0.4, -0.2) is 218 Å². The van der Waals surface area contributed by atoms with Crippen molar-refractivity contribution < 1.29 is 105 Å². The Labute approximate surface area is 443 Å². The van der Waals surface area contributed by atoms with E-state index in [-0.39, 0.29) is 31.6 Å². The standard InChI is InChI=1S/C53H84N2O21/c1-28-17-15-13-11-9-7-5-6-8-10-12-14-16-18-35(74-52-48(67)43(54)46(65)31(4)73-52)24-39-42(50(69)55-44-49(68)47(66)40(27-56)75-51(44)70)38(62)26-53(71,76-39)25-37(61)36(60)20-19-32(57)21-33(58)22-34(59)23-41(63)72-30(3)29(2)45(28)64/h5-18,28-40,42-49,51-52,56-62,64-68,70-71H,19-27,54H2,1-4H3,(H,55,69)/b6-5+,9-7+,10-8+,13-11+,14-12+,17-15+,18-16+/t28-,29-,30-,31+,32+,33+,34+,35-,36+,37+,38-,39-,40-,42+,43-,44?,45+,46+,47-,48-,49-,51-,52-,53+/m0/s1. The lowest BCUT2D eigenvalue weighted by atomic mass is 9.81. The highest BCUT2D eigenvalue weighted by atomic mass is 16.7. The number of allylic oxidation sites excluding steroid dienone is 12. The molecule has 4 heterocycles. The summed E-state index contributed by atoms with van der Waals surface area (Å²) in [5, 5.41) is 154. The largest absolute Gasteiger partial charge is 0.462 e. The van der Waals surface area contributed by atoms with Crippen LogP contribution in [0.1, 0.15) is 79.1 Å². The summed E-state index contributed by atoms with van der Waals surface area (Å²) in [5.41, 5.74) is 6.10. The number of ether oxygens (including phenoxy) is 5. The molecule has 0 radical (unpaired) electrons. The van der Waals surface area contributed by atoms with Crippen molar-refractivity contribution >= 4 is 11.9 Å². The van der Waals surface area contributed by atoms with Crippen molar-refractivity contribution in [3.63, 3.8) is 0 Å². The van der Waals surface area contributed by atoms with Crippen molar-refractivity contribution in [1.82, 2.24) is 5.32 Å². The van der Waals surface area contributed by atoms with E-state index in [0.29, 0.717) is 0 Å². The number of carbonyl (C=O) groups excluding carboxylic acids is 2. The van der Waals surface area contributed by atoms with E-state index < -0.39 is 184 Å². The Bertz CT molecular complexity index is 1990. The first-order chi connectivity index (χ1) is 35.9. The van der Waals surface area contributed by atoms with Crippen molar-refractivity contribution in [3.8, 4) is 0 Å². The number of hydrogen-bond acceptors (Lipinski definition) is 22. The van der Waals surface area contributed by atoms with Crippen LogP contribution in [-0.2, 0) is 33.3 Å². The van der Waals surface area contributed by atoms with E-state index in [1.54, 1.807) is 86.8 Å². The molecule has 0 aromatic rings. The third kappa shape index (κ3) is 19.6. The summed E-state index contributed by atoms with van der Waals surface area (Å²) in [7, 11) is 0. The second-order valence-corrected chi connectivity index (χ2v) is 20.5. The quantitative estimate of drug-likeness (QED) is 0.127. The Kier molecular flexibility index (Phi) is 26.7. The molecular weight excluding hydrogens is 1000 g/mol. The van der Waals surface area contributed by atoms with Crippen LogP contribution in [0.3, 0.4) is 0 Å². The predicted molar refractivity (Wildman–Crippen MR) is 271 cm³/mol. The van der Waals surface area contributed by atoms with Gasteiger partial charge in [0.15, 0.2) is 18.4 Å². The average Bonchev–Trinajstić information content (AvgIpc) is 3.35. The first kappa shape index (κ1) is 64.9. The molecule has 0 aromatic carbocycles. The normalized spacial score (nSPS) is 46.7. The van der Waals surface area contributed by atoms with Gasteiger partial charge in [0.25, 0.3) is 0 Å². The molecule has 1 amide bonds. The number of rotatable bonds is 5. The second-order valence-electron chi connectivity index (χ2n) is 20.5. The predicted octanol–water partition coefficient (Wildman–Crippen LogP) is -2.46. The van der Waals surface area contributed by atoms with Crippen LogP contribution in [0.4, 0.5) is 0 Å². The molecule has 2 bridgehead atoms. The fraction of sp³-hybridized carbons (Fsp3) is 0.698. The molecule has 0 spiro atoms. The Morgan fingerprint density at radius 2 is 1.22 bits per heavy atom. The van der Waals surface area contributed by atoms with Crippen molar-refractivity contribution in [2.75, 3.05) is 6.61 Å². The van der Waals surface area contributed by atoms with Crippen molar-refractivity contribution in [2.24, 2.45) is 23.5 Å². The SMILES string of the molecule is C[C@@H]1[C@H](O)[C@@H](C)/C=C/C=C/C=C/C=C/C=C/C=C/C=C/[C@H](O[C@@H]2O[C@H](C)[C@@H](O)[C@H](N)[C@@H]2O)C[C@@H]2O[C@](O)(C[C@@H](O)[C@H](O)CC[C@@H](O)C[C@@H](O)C[C@@H](O)CC(=O)O[C@H]1C)C[C@H](O)[C@H]2C(=O)NC1[C@@H](O)O[C@@H](CO)[C@H](O)[C@H]1O. The molecule has 24 atom stereocenters. The number of aliphatic hydroxyl groups excluding tert-OH is 13. The van der Waals surface area contributed by atoms with Gasteiger partial charge in [-0.3, -0.25) is 9.59 Å². The van der Waals surface area contributed by atoms with E-state index in [0.717, 1.165) is 0 Å². The summed E-state index contributed by atoms with van der Waals surface area (Å²) in [4.78, 5) is 26.9. The molecule has 76 heavy (non-hydrogen) atoms. The lowest BCUT2D eigenvalue weighted by molar-refractivity contribution is -0.309. The summed E-state index contributed by atoms with van der Waals surface area (Å²) < 4.78 is 28.8. The van der Waals surface area contributed by atoms with Gasteiger partial charge in [-0.2, -0.15) is 0 Å². The van der Waals surface area contributed by atoms with Gasteiger partial charge in [-0.1, -0.05) is 98.9 Å². The van der Waals surface area contributed by atoms with Crippen LogP contribution >= 0.6 is 0 Å². The van der Waals surface area contributed by atoms with Crippen molar-refractivity contribution in [1.29, 1.82) is 0 Å². The number of nitrogens with two attached hydrogens (primary N) is 1. The minimum atomic E-state index is -2.49. The van der Waals surface area contributed by atoms with E-state index in [1.165, 1.54) is 19.1 Å². The first-order valence-electron chi connectivity index (χ1n) is 25.9. The van der Waals surface area contributed by atoms with Gasteiger partial charge in [0, 0.05) is 31.1 Å². The number of aliphatic hydroxyl groups is 14. The zero-order valence-corrected chi connectivity index (χ0v) is 43.4. The maximum Gasteiger partial charge on any atom is 0.308 e. The molecule has 0 aromatic heterocycles. The molecule has 23 nitrogen and oxygen atoms in total. The topological polar surface area (TPSA) is 402 Å². The molecule has 3 fully saturated rings. The van der Waals surface area contributed by atoms with Gasteiger partial charge in [0.2, 0.25) is 5.91 Å². The van der Waals surface area contributed by atoms with Gasteiger partial charge >= 0.3 is 5.97 Å². The molecular formula is C53H84N2O21. The van der Waals surface area contributed by atoms with E-state index >= 15 is 0 Å². The Morgan fingerprint density at radius 3 is 1.83 bits per heavy atom. The highest BCUT2D eigenvalue weighted by Gasteiger charge is 2.53. The highest BCUT2D eigenvalue weighted by molar-refractivity contribution is 5.80. The molecule has 23 heteroatoms. The Hall–Kier alpha value is -3.64. The maximum atomic E-state index is 14.2. The minimum absolute atomic E-state index is 0.199. The average molecular weight is 1090 g/mol. The van der Waals surface area contributed by atoms with Crippen LogP contribution in [0.2, 0.25) is 0 Å². The van der Waals surface area contributed by atoms with Gasteiger partial charge in [-0.15, -0.1) is 0 Å². The third-order valence-electron chi connectivity index (χ3n) is 14.3. The highest BCUT2D eigenvalue weighted by Crippen LogP contribution is 2.39. The zero-order valence-electron chi connectivity index (χ0n) is 43.4. The number of cyclic esters (lactones) is 1. The van der Waals surface area contributed by atoms with E-state index in [9.17, 15) is 81.1 Å². The van der Waals surface area contributed by atoms with Gasteiger partial charge in [0.1, 0.15) is 36.6 Å². The molecule has 17 N–H and O–H groups in total. The molecule has 1 unspecified atom stereocenters. The molecule has 0 saturated carbocycles. The number of nitrogens with one attached hydrogen (secondary N) is 1. The first-order valence-corrected chi connectivity index (χ1v) is 25.9. The van der Waals surface area contributed by atoms with Crippen LogP contribution in [0.15, 0.2) is 85.1 Å². The van der Waals surface area contributed by atoms with Crippen molar-refractivity contribution in [3.05, 3.63) is 85.1 Å². The summed E-state index contributed by atoms with van der Waals surface area (Å²) in [5.74, 6) is -6.81. The molecule has 4 rings (SSSR count). The van der Waals surface area contributed by atoms with Crippen LogP contribution < -0.4 is 11.1 Å². The Balaban J connectivity index is 1.65. The lowest BCUT2D eigenvalue weighted by Crippen LogP contribution is -2.66. The minimum Gasteiger partial charge on any atom is -0.462 e. The number of esters is 1. The second kappa shape index (κ2) is 31.2. The summed E-state index contributed by atoms with van der Waals surface area (Å²) in [6, 6.07) is -2.93. The lowest BCUT2D eigenvalue weighted by Gasteiger charge is -2.47. The van der Waals surface area contributed by atoms with Gasteiger partial charge < -0.3 is 106 Å². The van der Waals surface area contributed by atoms with Gasteiger partial charge in [-0.05, 0) is 39.5 Å². The summed E-state index contributed by atoms with van der Waals surface area (Å²) in [6.45, 7) is 5.88. The molecule has 432 valence electrons. The number of fused-ring (bicyclic) bond motifs is 2. The number of amides is 1. The molecule has 4 aliphatic heterocycles. The number of carbonyl (C=O) groups is 2. The van der Waals surface area contributed by atoms with Crippen LogP contribution in [0.5, 0.6) is 0 Å². The zero-order chi connectivity index (χ0) is 56.4. The smallest absolute Gasteiger partial charge is 0.308 e. The molecule has 3 saturated heterocycles. The van der Waals surface area contributed by atoms with E-state index in [4.69, 9.17) is 29.4 Å². The van der Waals surface area contributed by atoms with Crippen molar-refractivity contribution in [2.45, 2.75) is 207 Å². The number of hydrogen-bond donors (Lipinski definition) is 16. The van der Waals surface area contributed by atoms with E-state index in [1.807, 2.05) is 6.92 Å². The summed E-state index contributed by atoms with van der Waals surface area (Å²) >= 11 is 0. The summed E-state index contributed by atoms with van der Waals surface area (Å²) in [6.07, 6.45) is -5.55. The fourth-order valence-corrected chi connectivity index (χ4v) is 9.49. The van der Waals surface area contributed by atoms with Crippen LogP contribution in [0, 0.1) is 17.8 Å².